The van der Waals surface area contributed by atoms with Gasteiger partial charge in [-0.3, -0.25) is 9.69 Å². The lowest BCUT2D eigenvalue weighted by atomic mass is 10.3. The van der Waals surface area contributed by atoms with Crippen LogP contribution in [0.25, 0.3) is 10.2 Å². The van der Waals surface area contributed by atoms with Crippen LogP contribution in [-0.4, -0.2) is 57.1 Å². The molecule has 6 nitrogen and oxygen atoms in total. The van der Waals surface area contributed by atoms with E-state index in [9.17, 15) is 13.2 Å². The number of hydrogen-bond acceptors (Lipinski definition) is 6. The molecule has 3 aromatic rings. The second-order valence-corrected chi connectivity index (χ2v) is 10.7. The van der Waals surface area contributed by atoms with E-state index >= 15 is 0 Å². The molecule has 0 unspecified atom stereocenters. The lowest BCUT2D eigenvalue weighted by Gasteiger charge is -2.21. The number of aromatic nitrogens is 1. The van der Waals surface area contributed by atoms with Crippen LogP contribution in [0.5, 0.6) is 0 Å². The predicted octanol–water partition coefficient (Wildman–Crippen LogP) is 4.52. The van der Waals surface area contributed by atoms with Crippen molar-refractivity contribution in [1.82, 2.24) is 9.88 Å². The molecule has 0 saturated carbocycles. The van der Waals surface area contributed by atoms with Crippen molar-refractivity contribution in [3.8, 4) is 0 Å². The van der Waals surface area contributed by atoms with Crippen LogP contribution in [-0.2, 0) is 14.6 Å². The summed E-state index contributed by atoms with van der Waals surface area (Å²) in [5, 5.41) is 1.17. The number of benzene rings is 2. The molecular formula is C21H25Cl2N3O3S2. The highest BCUT2D eigenvalue weighted by Crippen LogP contribution is 2.31. The maximum atomic E-state index is 13.0. The van der Waals surface area contributed by atoms with E-state index < -0.39 is 9.84 Å². The fourth-order valence-electron chi connectivity index (χ4n) is 2.98. The van der Waals surface area contributed by atoms with Gasteiger partial charge in [0.05, 0.1) is 20.9 Å². The molecule has 2 aromatic carbocycles. The van der Waals surface area contributed by atoms with Gasteiger partial charge < -0.3 is 4.90 Å². The first-order chi connectivity index (χ1) is 14.3. The van der Waals surface area contributed by atoms with Crippen molar-refractivity contribution in [2.45, 2.75) is 17.7 Å². The van der Waals surface area contributed by atoms with E-state index in [-0.39, 0.29) is 35.4 Å². The van der Waals surface area contributed by atoms with Gasteiger partial charge >= 0.3 is 0 Å². The Hall–Kier alpha value is -1.71. The molecular weight excluding hydrogens is 477 g/mol. The van der Waals surface area contributed by atoms with Gasteiger partial charge in [0.2, 0.25) is 5.91 Å². The van der Waals surface area contributed by atoms with Gasteiger partial charge in [-0.25, -0.2) is 13.4 Å². The minimum Gasteiger partial charge on any atom is -0.309 e. The van der Waals surface area contributed by atoms with Gasteiger partial charge in [0.25, 0.3) is 0 Å². The van der Waals surface area contributed by atoms with Crippen LogP contribution < -0.4 is 4.90 Å². The van der Waals surface area contributed by atoms with Crippen LogP contribution in [0.2, 0.25) is 5.02 Å². The van der Waals surface area contributed by atoms with Gasteiger partial charge in [0, 0.05) is 18.0 Å². The number of nitrogens with zero attached hydrogens (tertiary/aromatic N) is 3. The van der Waals surface area contributed by atoms with Crippen LogP contribution in [0.15, 0.2) is 53.4 Å². The number of hydrogen-bond donors (Lipinski definition) is 0. The van der Waals surface area contributed by atoms with E-state index in [1.807, 2.05) is 31.1 Å². The highest BCUT2D eigenvalue weighted by atomic mass is 35.5. The minimum absolute atomic E-state index is 0. The molecule has 0 saturated heterocycles. The number of rotatable bonds is 9. The number of carbonyl (C=O) groups excluding carboxylic acids is 1. The van der Waals surface area contributed by atoms with Crippen molar-refractivity contribution >= 4 is 66.4 Å². The van der Waals surface area contributed by atoms with Crippen LogP contribution >= 0.6 is 35.3 Å². The summed E-state index contributed by atoms with van der Waals surface area (Å²) in [5.74, 6) is -0.491. The number of halogens is 2. The number of carbonyl (C=O) groups is 1. The minimum atomic E-state index is -3.53. The maximum absolute atomic E-state index is 13.0. The Balaban J connectivity index is 0.00000341. The third-order valence-electron chi connectivity index (χ3n) is 4.55. The molecule has 0 aliphatic carbocycles. The zero-order valence-electron chi connectivity index (χ0n) is 17.3. The molecule has 31 heavy (non-hydrogen) atoms. The van der Waals surface area contributed by atoms with Crippen molar-refractivity contribution in [3.05, 3.63) is 53.6 Å². The normalized spacial score (nSPS) is 11.5. The van der Waals surface area contributed by atoms with E-state index in [1.54, 1.807) is 41.3 Å². The molecule has 0 N–H and O–H groups in total. The Bertz CT molecular complexity index is 1120. The second kappa shape index (κ2) is 11.2. The summed E-state index contributed by atoms with van der Waals surface area (Å²) >= 11 is 7.46. The molecule has 0 spiro atoms. The monoisotopic (exact) mass is 501 g/mol. The van der Waals surface area contributed by atoms with Crippen molar-refractivity contribution in [1.29, 1.82) is 0 Å². The Kier molecular flexibility index (Phi) is 9.27. The summed E-state index contributed by atoms with van der Waals surface area (Å²) in [5.41, 5.74) is 0.765. The summed E-state index contributed by atoms with van der Waals surface area (Å²) < 4.78 is 26.0. The summed E-state index contributed by atoms with van der Waals surface area (Å²) in [6, 6.07) is 13.6. The molecule has 1 aromatic heterocycles. The average Bonchev–Trinajstić information content (AvgIpc) is 3.12. The highest BCUT2D eigenvalue weighted by molar-refractivity contribution is 7.91. The Morgan fingerprint density at radius 3 is 2.48 bits per heavy atom. The van der Waals surface area contributed by atoms with E-state index in [0.29, 0.717) is 16.7 Å². The van der Waals surface area contributed by atoms with E-state index in [0.717, 1.165) is 23.2 Å². The summed E-state index contributed by atoms with van der Waals surface area (Å²) in [7, 11) is 0.416. The fourth-order valence-corrected chi connectivity index (χ4v) is 5.51. The number of thiazole rings is 1. The number of sulfone groups is 1. The van der Waals surface area contributed by atoms with Crippen LogP contribution in [0.1, 0.15) is 12.8 Å². The largest absolute Gasteiger partial charge is 0.309 e. The molecule has 1 heterocycles. The van der Waals surface area contributed by atoms with Gasteiger partial charge in [-0.15, -0.1) is 12.4 Å². The lowest BCUT2D eigenvalue weighted by molar-refractivity contribution is -0.118. The third-order valence-corrected chi connectivity index (χ3v) is 7.55. The van der Waals surface area contributed by atoms with Crippen molar-refractivity contribution in [2.24, 2.45) is 0 Å². The van der Waals surface area contributed by atoms with Gasteiger partial charge in [0.1, 0.15) is 0 Å². The zero-order chi connectivity index (χ0) is 21.7. The molecule has 0 aliphatic heterocycles. The molecule has 0 radical (unpaired) electrons. The number of amides is 1. The first kappa shape index (κ1) is 25.5. The predicted molar refractivity (Wildman–Crippen MR) is 131 cm³/mol. The summed E-state index contributed by atoms with van der Waals surface area (Å²) in [6.07, 6.45) is 0.650. The van der Waals surface area contributed by atoms with Crippen LogP contribution in [0.4, 0.5) is 5.13 Å². The van der Waals surface area contributed by atoms with Gasteiger partial charge in [-0.05, 0) is 57.4 Å². The van der Waals surface area contributed by atoms with Gasteiger partial charge in [-0.2, -0.15) is 0 Å². The van der Waals surface area contributed by atoms with Gasteiger partial charge in [-0.1, -0.05) is 41.1 Å². The van der Waals surface area contributed by atoms with Crippen molar-refractivity contribution in [2.75, 3.05) is 37.8 Å². The van der Waals surface area contributed by atoms with Crippen LogP contribution in [0, 0.1) is 0 Å². The summed E-state index contributed by atoms with van der Waals surface area (Å²) in [4.78, 5) is 21.5. The summed E-state index contributed by atoms with van der Waals surface area (Å²) in [6.45, 7) is 1.28. The Labute approximate surface area is 198 Å². The molecule has 0 bridgehead atoms. The quantitative estimate of drug-likeness (QED) is 0.430. The highest BCUT2D eigenvalue weighted by Gasteiger charge is 2.23. The maximum Gasteiger partial charge on any atom is 0.229 e. The molecule has 10 heteroatoms. The first-order valence-corrected chi connectivity index (χ1v) is 12.4. The molecule has 0 aliphatic rings. The molecule has 0 atom stereocenters. The fraction of sp³-hybridized carbons (Fsp3) is 0.333. The van der Waals surface area contributed by atoms with Crippen molar-refractivity contribution < 1.29 is 13.2 Å². The standard InChI is InChI=1S/C21H24ClN3O3S2.ClH/c1-24(2)12-6-13-25(21-23-18-10-9-16(22)15-19(18)29-21)20(26)11-14-30(27,28)17-7-4-3-5-8-17;/h3-5,7-10,15H,6,11-14H2,1-2H3;1H. The topological polar surface area (TPSA) is 70.6 Å². The number of fused-ring (bicyclic) bond motifs is 1. The average molecular weight is 502 g/mol. The van der Waals surface area contributed by atoms with E-state index in [2.05, 4.69) is 4.98 Å². The third kappa shape index (κ3) is 6.89. The number of anilines is 1. The van der Waals surface area contributed by atoms with Gasteiger partial charge in [0.15, 0.2) is 15.0 Å². The second-order valence-electron chi connectivity index (χ2n) is 7.19. The first-order valence-electron chi connectivity index (χ1n) is 9.55. The van der Waals surface area contributed by atoms with Crippen molar-refractivity contribution in [3.63, 3.8) is 0 Å². The van der Waals surface area contributed by atoms with Crippen LogP contribution in [0.3, 0.4) is 0 Å². The Morgan fingerprint density at radius 2 is 1.81 bits per heavy atom. The van der Waals surface area contributed by atoms with E-state index in [4.69, 9.17) is 11.6 Å². The zero-order valence-corrected chi connectivity index (χ0v) is 20.5. The Morgan fingerprint density at radius 1 is 1.10 bits per heavy atom. The lowest BCUT2D eigenvalue weighted by Crippen LogP contribution is -2.34. The SMILES string of the molecule is CN(C)CCCN(C(=O)CCS(=O)(=O)c1ccccc1)c1nc2ccc(Cl)cc2s1.Cl. The molecule has 168 valence electrons. The smallest absolute Gasteiger partial charge is 0.229 e. The molecule has 3 rings (SSSR count). The van der Waals surface area contributed by atoms with E-state index in [1.165, 1.54) is 11.3 Å². The molecule has 0 fully saturated rings. The molecule has 1 amide bonds.